The summed E-state index contributed by atoms with van der Waals surface area (Å²) in [7, 11) is 1.35. The lowest BCUT2D eigenvalue weighted by Crippen LogP contribution is -2.41. The maximum Gasteiger partial charge on any atom is 0.307 e. The van der Waals surface area contributed by atoms with Crippen LogP contribution in [0, 0.1) is 29.6 Å². The maximum absolute atomic E-state index is 13.6. The van der Waals surface area contributed by atoms with Gasteiger partial charge in [0.15, 0.2) is 0 Å². The van der Waals surface area contributed by atoms with Crippen molar-refractivity contribution in [3.8, 4) is 0 Å². The molecule has 3 amide bonds. The summed E-state index contributed by atoms with van der Waals surface area (Å²) >= 11 is 0. The van der Waals surface area contributed by atoms with Gasteiger partial charge in [-0.2, -0.15) is 0 Å². The zero-order valence-electron chi connectivity index (χ0n) is 31.3. The van der Waals surface area contributed by atoms with Crippen LogP contribution in [0.5, 0.6) is 0 Å². The van der Waals surface area contributed by atoms with Gasteiger partial charge in [-0.05, 0) is 109 Å². The number of likely N-dealkylation sites (tertiary alicyclic amines) is 2. The van der Waals surface area contributed by atoms with E-state index in [4.69, 9.17) is 4.74 Å². The summed E-state index contributed by atoms with van der Waals surface area (Å²) in [5.41, 5.74) is 0. The fourth-order valence-corrected chi connectivity index (χ4v) is 7.72. The summed E-state index contributed by atoms with van der Waals surface area (Å²) in [6.45, 7) is 16.2. The van der Waals surface area contributed by atoms with E-state index in [9.17, 15) is 19.2 Å². The molecule has 48 heavy (non-hydrogen) atoms. The molecule has 0 spiro atoms. The van der Waals surface area contributed by atoms with Gasteiger partial charge in [0, 0.05) is 50.5 Å². The third-order valence-electron chi connectivity index (χ3n) is 10.6. The minimum absolute atomic E-state index is 0.00711. The van der Waals surface area contributed by atoms with Gasteiger partial charge < -0.3 is 30.5 Å². The maximum atomic E-state index is 13.6. The van der Waals surface area contributed by atoms with E-state index in [-0.39, 0.29) is 60.3 Å². The standard InChI is InChI=1S/C38H71N5O5/c1-6-10-16-34(27-31(29-43-23-13-14-24-43)26-33(9-4)36(45)39-18-17-35(44)48-5)38(47)41-20-19-40-37(46)32(8-3)25-30(15-7-2)28-42-21-11-12-22-42/h30-34H,6-29H2,1-5H3,(H,39,45)(H,40,46)(H,41,47)/t30-,31+,32?,33?,34?/m0/s1. The molecule has 10 nitrogen and oxygen atoms in total. The molecule has 5 atom stereocenters. The minimum atomic E-state index is -0.335. The third-order valence-corrected chi connectivity index (χ3v) is 10.6. The molecule has 0 bridgehead atoms. The minimum Gasteiger partial charge on any atom is -0.469 e. The van der Waals surface area contributed by atoms with Crippen LogP contribution in [0.1, 0.15) is 124 Å². The van der Waals surface area contributed by atoms with Gasteiger partial charge >= 0.3 is 5.97 Å². The average Bonchev–Trinajstić information content (AvgIpc) is 3.80. The second-order valence-corrected chi connectivity index (χ2v) is 14.5. The van der Waals surface area contributed by atoms with Crippen molar-refractivity contribution in [3.05, 3.63) is 0 Å². The van der Waals surface area contributed by atoms with Crippen molar-refractivity contribution in [2.24, 2.45) is 29.6 Å². The lowest BCUT2D eigenvalue weighted by molar-refractivity contribution is -0.140. The number of carbonyl (C=O) groups excluding carboxylic acids is 4. The van der Waals surface area contributed by atoms with Crippen LogP contribution in [-0.2, 0) is 23.9 Å². The topological polar surface area (TPSA) is 120 Å². The fraction of sp³-hybridized carbons (Fsp3) is 0.895. The van der Waals surface area contributed by atoms with Crippen molar-refractivity contribution >= 4 is 23.7 Å². The largest absolute Gasteiger partial charge is 0.469 e. The zero-order chi connectivity index (χ0) is 35.1. The van der Waals surface area contributed by atoms with E-state index in [1.165, 1.54) is 45.9 Å². The molecule has 2 aliphatic rings. The third kappa shape index (κ3) is 16.5. The molecule has 2 saturated heterocycles. The summed E-state index contributed by atoms with van der Waals surface area (Å²) in [6.07, 6.45) is 14.2. The molecule has 3 unspecified atom stereocenters. The molecule has 0 saturated carbocycles. The number of nitrogens with one attached hydrogen (secondary N) is 3. The van der Waals surface area contributed by atoms with Gasteiger partial charge in [-0.25, -0.2) is 0 Å². The number of unbranched alkanes of at least 4 members (excludes halogenated alkanes) is 1. The lowest BCUT2D eigenvalue weighted by Gasteiger charge is -2.29. The van der Waals surface area contributed by atoms with E-state index >= 15 is 0 Å². The predicted octanol–water partition coefficient (Wildman–Crippen LogP) is 5.15. The second kappa shape index (κ2) is 24.9. The number of hydrogen-bond donors (Lipinski definition) is 3. The summed E-state index contributed by atoms with van der Waals surface area (Å²) in [5.74, 6) is 0.282. The quantitative estimate of drug-likeness (QED) is 0.0856. The Labute approximate surface area is 292 Å². The van der Waals surface area contributed by atoms with Crippen molar-refractivity contribution in [2.75, 3.05) is 66.0 Å². The Kier molecular flexibility index (Phi) is 21.7. The Hall–Kier alpha value is -2.20. The molecule has 278 valence electrons. The van der Waals surface area contributed by atoms with Crippen LogP contribution < -0.4 is 16.0 Å². The Morgan fingerprint density at radius 2 is 1.06 bits per heavy atom. The molecule has 0 aromatic rings. The lowest BCUT2D eigenvalue weighted by atomic mass is 9.83. The molecule has 3 N–H and O–H groups in total. The van der Waals surface area contributed by atoms with Crippen molar-refractivity contribution in [1.82, 2.24) is 25.8 Å². The first-order valence-electron chi connectivity index (χ1n) is 19.6. The first-order valence-corrected chi connectivity index (χ1v) is 19.6. The van der Waals surface area contributed by atoms with Gasteiger partial charge in [0.1, 0.15) is 0 Å². The van der Waals surface area contributed by atoms with Gasteiger partial charge in [0.25, 0.3) is 0 Å². The zero-order valence-corrected chi connectivity index (χ0v) is 31.3. The predicted molar refractivity (Wildman–Crippen MR) is 193 cm³/mol. The molecule has 0 aromatic carbocycles. The number of amides is 3. The van der Waals surface area contributed by atoms with Gasteiger partial charge in [-0.3, -0.25) is 19.2 Å². The highest BCUT2D eigenvalue weighted by molar-refractivity contribution is 5.80. The van der Waals surface area contributed by atoms with Gasteiger partial charge in [0.05, 0.1) is 13.5 Å². The van der Waals surface area contributed by atoms with Gasteiger partial charge in [-0.1, -0.05) is 47.0 Å². The second-order valence-electron chi connectivity index (χ2n) is 14.5. The van der Waals surface area contributed by atoms with Crippen molar-refractivity contribution < 1.29 is 23.9 Å². The number of nitrogens with zero attached hydrogens (tertiary/aromatic N) is 2. The average molecular weight is 678 g/mol. The summed E-state index contributed by atoms with van der Waals surface area (Å²) in [4.78, 5) is 56.4. The number of carbonyl (C=O) groups is 4. The molecule has 0 aromatic heterocycles. The van der Waals surface area contributed by atoms with E-state index in [1.54, 1.807) is 0 Å². The Morgan fingerprint density at radius 1 is 0.604 bits per heavy atom. The molecule has 2 aliphatic heterocycles. The molecule has 10 heteroatoms. The van der Waals surface area contributed by atoms with E-state index in [0.29, 0.717) is 25.4 Å². The highest BCUT2D eigenvalue weighted by Gasteiger charge is 2.29. The van der Waals surface area contributed by atoms with E-state index in [2.05, 4.69) is 46.5 Å². The van der Waals surface area contributed by atoms with E-state index in [0.717, 1.165) is 84.0 Å². The fourth-order valence-electron chi connectivity index (χ4n) is 7.72. The number of ether oxygens (including phenoxy) is 1. The van der Waals surface area contributed by atoms with Crippen LogP contribution in [0.2, 0.25) is 0 Å². The van der Waals surface area contributed by atoms with Crippen molar-refractivity contribution in [1.29, 1.82) is 0 Å². The van der Waals surface area contributed by atoms with Gasteiger partial charge in [0.2, 0.25) is 17.7 Å². The van der Waals surface area contributed by atoms with E-state index in [1.807, 2.05) is 6.92 Å². The number of methoxy groups -OCH3 is 1. The molecule has 2 heterocycles. The Balaban J connectivity index is 1.94. The van der Waals surface area contributed by atoms with E-state index < -0.39 is 0 Å². The summed E-state index contributed by atoms with van der Waals surface area (Å²) < 4.78 is 4.70. The number of rotatable bonds is 26. The van der Waals surface area contributed by atoms with Crippen molar-refractivity contribution in [2.45, 2.75) is 124 Å². The number of hydrogen-bond acceptors (Lipinski definition) is 7. The van der Waals surface area contributed by atoms with Crippen LogP contribution in [-0.4, -0.2) is 99.5 Å². The molecule has 0 aliphatic carbocycles. The van der Waals surface area contributed by atoms with Crippen LogP contribution in [0.25, 0.3) is 0 Å². The molecular weight excluding hydrogens is 606 g/mol. The molecular formula is C38H71N5O5. The Bertz CT molecular complexity index is 921. The SMILES string of the molecule is CCCCC(C[C@@H](CC(CC)C(=O)NCCC(=O)OC)CN1CCCC1)C(=O)NCCNC(=O)C(CC)C[C@H](CCC)CN1CCCC1. The highest BCUT2D eigenvalue weighted by Crippen LogP contribution is 2.28. The first kappa shape index (κ1) is 42.0. The monoisotopic (exact) mass is 678 g/mol. The smallest absolute Gasteiger partial charge is 0.307 e. The summed E-state index contributed by atoms with van der Waals surface area (Å²) in [5, 5.41) is 9.20. The van der Waals surface area contributed by atoms with Crippen LogP contribution in [0.4, 0.5) is 0 Å². The molecule has 2 rings (SSSR count). The Morgan fingerprint density at radius 3 is 1.54 bits per heavy atom. The first-order chi connectivity index (χ1) is 23.2. The van der Waals surface area contributed by atoms with Crippen LogP contribution >= 0.6 is 0 Å². The van der Waals surface area contributed by atoms with Crippen LogP contribution in [0.15, 0.2) is 0 Å². The van der Waals surface area contributed by atoms with Crippen molar-refractivity contribution in [3.63, 3.8) is 0 Å². The normalized spacial score (nSPS) is 18.5. The summed E-state index contributed by atoms with van der Waals surface area (Å²) in [6, 6.07) is 0. The molecule has 0 radical (unpaired) electrons. The molecule has 2 fully saturated rings. The van der Waals surface area contributed by atoms with Crippen LogP contribution in [0.3, 0.4) is 0 Å². The highest BCUT2D eigenvalue weighted by atomic mass is 16.5. The van der Waals surface area contributed by atoms with Gasteiger partial charge in [-0.15, -0.1) is 0 Å². The number of esters is 1.